The Kier molecular flexibility index (Phi) is 5.29. The lowest BCUT2D eigenvalue weighted by Crippen LogP contribution is -2.22. The van der Waals surface area contributed by atoms with Crippen LogP contribution in [-0.2, 0) is 0 Å². The zero-order valence-corrected chi connectivity index (χ0v) is 15.0. The fourth-order valence-corrected chi connectivity index (χ4v) is 3.84. The SMILES string of the molecule is CCNC(c1csc(I)c1)c1cc(C)c(C)cc1Cl. The van der Waals surface area contributed by atoms with Crippen LogP contribution in [0.25, 0.3) is 0 Å². The van der Waals surface area contributed by atoms with Crippen molar-refractivity contribution in [2.24, 2.45) is 0 Å². The van der Waals surface area contributed by atoms with E-state index in [1.165, 1.54) is 25.1 Å². The number of rotatable bonds is 4. The smallest absolute Gasteiger partial charge is 0.0656 e. The van der Waals surface area contributed by atoms with E-state index >= 15 is 0 Å². The molecule has 1 aromatic carbocycles. The van der Waals surface area contributed by atoms with Crippen LogP contribution in [0.2, 0.25) is 5.02 Å². The number of aryl methyl sites for hydroxylation is 2. The van der Waals surface area contributed by atoms with Gasteiger partial charge in [0.1, 0.15) is 0 Å². The zero-order chi connectivity index (χ0) is 14.0. The van der Waals surface area contributed by atoms with Crippen LogP contribution < -0.4 is 5.32 Å². The minimum atomic E-state index is 0.177. The monoisotopic (exact) mass is 405 g/mol. The summed E-state index contributed by atoms with van der Waals surface area (Å²) in [7, 11) is 0. The largest absolute Gasteiger partial charge is 0.306 e. The van der Waals surface area contributed by atoms with Gasteiger partial charge in [0.2, 0.25) is 0 Å². The van der Waals surface area contributed by atoms with Crippen LogP contribution in [0.4, 0.5) is 0 Å². The van der Waals surface area contributed by atoms with Crippen molar-refractivity contribution < 1.29 is 0 Å². The minimum Gasteiger partial charge on any atom is -0.306 e. The predicted octanol–water partition coefficient (Wildman–Crippen LogP) is 5.32. The molecule has 2 aromatic rings. The van der Waals surface area contributed by atoms with Gasteiger partial charge in [-0.15, -0.1) is 11.3 Å². The first-order chi connectivity index (χ1) is 9.02. The highest BCUT2D eigenvalue weighted by Crippen LogP contribution is 2.33. The number of hydrogen-bond donors (Lipinski definition) is 1. The van der Waals surface area contributed by atoms with Gasteiger partial charge in [0.25, 0.3) is 0 Å². The van der Waals surface area contributed by atoms with E-state index in [9.17, 15) is 0 Å². The molecule has 0 radical (unpaired) electrons. The van der Waals surface area contributed by atoms with Crippen molar-refractivity contribution in [3.05, 3.63) is 53.7 Å². The van der Waals surface area contributed by atoms with Gasteiger partial charge in [0.15, 0.2) is 0 Å². The molecule has 19 heavy (non-hydrogen) atoms. The highest BCUT2D eigenvalue weighted by atomic mass is 127. The summed E-state index contributed by atoms with van der Waals surface area (Å²) in [5.74, 6) is 0. The van der Waals surface area contributed by atoms with Gasteiger partial charge in [-0.1, -0.05) is 24.6 Å². The van der Waals surface area contributed by atoms with Crippen LogP contribution in [0.5, 0.6) is 0 Å². The second kappa shape index (κ2) is 6.57. The van der Waals surface area contributed by atoms with Crippen molar-refractivity contribution in [1.82, 2.24) is 5.32 Å². The summed E-state index contributed by atoms with van der Waals surface area (Å²) in [6.07, 6.45) is 0. The van der Waals surface area contributed by atoms with Crippen molar-refractivity contribution in [1.29, 1.82) is 0 Å². The van der Waals surface area contributed by atoms with Crippen molar-refractivity contribution in [3.8, 4) is 0 Å². The Balaban J connectivity index is 2.47. The molecule has 1 N–H and O–H groups in total. The van der Waals surface area contributed by atoms with Crippen LogP contribution in [0.1, 0.15) is 35.2 Å². The van der Waals surface area contributed by atoms with Crippen LogP contribution in [0.15, 0.2) is 23.6 Å². The van der Waals surface area contributed by atoms with Crippen molar-refractivity contribution in [2.45, 2.75) is 26.8 Å². The molecule has 0 aliphatic carbocycles. The highest BCUT2D eigenvalue weighted by molar-refractivity contribution is 14.1. The number of nitrogens with one attached hydrogen (secondary N) is 1. The quantitative estimate of drug-likeness (QED) is 0.679. The fraction of sp³-hybridized carbons (Fsp3) is 0.333. The van der Waals surface area contributed by atoms with Crippen LogP contribution in [0.3, 0.4) is 0 Å². The maximum atomic E-state index is 6.45. The lowest BCUT2D eigenvalue weighted by Gasteiger charge is -2.20. The van der Waals surface area contributed by atoms with E-state index in [4.69, 9.17) is 11.6 Å². The average molecular weight is 406 g/mol. The van der Waals surface area contributed by atoms with E-state index in [1.54, 1.807) is 11.3 Å². The Bertz CT molecular complexity index is 580. The first-order valence-corrected chi connectivity index (χ1v) is 8.60. The van der Waals surface area contributed by atoms with Crippen molar-refractivity contribution in [2.75, 3.05) is 6.54 Å². The van der Waals surface area contributed by atoms with Crippen molar-refractivity contribution >= 4 is 45.5 Å². The summed E-state index contributed by atoms with van der Waals surface area (Å²) in [6, 6.07) is 6.67. The van der Waals surface area contributed by atoms with Gasteiger partial charge in [-0.3, -0.25) is 0 Å². The molecule has 102 valence electrons. The molecule has 0 amide bonds. The number of hydrogen-bond acceptors (Lipinski definition) is 2. The zero-order valence-electron chi connectivity index (χ0n) is 11.3. The molecule has 2 rings (SSSR count). The molecule has 1 heterocycles. The van der Waals surface area contributed by atoms with E-state index in [0.717, 1.165) is 11.6 Å². The van der Waals surface area contributed by atoms with E-state index in [0.29, 0.717) is 0 Å². The molecule has 1 unspecified atom stereocenters. The molecule has 1 aromatic heterocycles. The molecule has 1 atom stereocenters. The number of benzene rings is 1. The van der Waals surface area contributed by atoms with E-state index < -0.39 is 0 Å². The van der Waals surface area contributed by atoms with Gasteiger partial charge in [-0.05, 0) is 82.7 Å². The Morgan fingerprint density at radius 2 is 1.95 bits per heavy atom. The Labute approximate surface area is 137 Å². The van der Waals surface area contributed by atoms with Gasteiger partial charge < -0.3 is 5.32 Å². The topological polar surface area (TPSA) is 12.0 Å². The third kappa shape index (κ3) is 3.51. The first kappa shape index (κ1) is 15.3. The molecular weight excluding hydrogens is 389 g/mol. The molecule has 0 fully saturated rings. The molecule has 4 heteroatoms. The number of halogens is 2. The Morgan fingerprint density at radius 1 is 1.26 bits per heavy atom. The molecule has 0 saturated carbocycles. The average Bonchev–Trinajstić information content (AvgIpc) is 2.78. The Hall–Kier alpha value is -0.100. The number of thiophene rings is 1. The molecular formula is C15H17ClINS. The van der Waals surface area contributed by atoms with Crippen LogP contribution in [-0.4, -0.2) is 6.54 Å². The lowest BCUT2D eigenvalue weighted by atomic mass is 9.97. The molecule has 0 aliphatic heterocycles. The second-order valence-electron chi connectivity index (χ2n) is 4.63. The van der Waals surface area contributed by atoms with Crippen LogP contribution >= 0.6 is 45.5 Å². The summed E-state index contributed by atoms with van der Waals surface area (Å²) < 4.78 is 1.30. The van der Waals surface area contributed by atoms with E-state index in [1.807, 2.05) is 0 Å². The predicted molar refractivity (Wildman–Crippen MR) is 93.5 cm³/mol. The minimum absolute atomic E-state index is 0.177. The third-order valence-corrected chi connectivity index (χ3v) is 5.39. The molecule has 0 bridgehead atoms. The molecule has 0 aliphatic rings. The summed E-state index contributed by atoms with van der Waals surface area (Å²) >= 11 is 10.6. The summed E-state index contributed by atoms with van der Waals surface area (Å²) in [5, 5.41) is 6.59. The van der Waals surface area contributed by atoms with E-state index in [-0.39, 0.29) is 6.04 Å². The van der Waals surface area contributed by atoms with Crippen LogP contribution in [0, 0.1) is 16.7 Å². The molecule has 0 saturated heterocycles. The van der Waals surface area contributed by atoms with Gasteiger partial charge in [0.05, 0.1) is 8.93 Å². The Morgan fingerprint density at radius 3 is 2.53 bits per heavy atom. The van der Waals surface area contributed by atoms with Gasteiger partial charge in [-0.25, -0.2) is 0 Å². The first-order valence-electron chi connectivity index (χ1n) is 6.27. The highest BCUT2D eigenvalue weighted by Gasteiger charge is 2.18. The fourth-order valence-electron chi connectivity index (χ4n) is 2.11. The lowest BCUT2D eigenvalue weighted by molar-refractivity contribution is 0.632. The normalized spacial score (nSPS) is 12.7. The van der Waals surface area contributed by atoms with Gasteiger partial charge in [-0.2, -0.15) is 0 Å². The van der Waals surface area contributed by atoms with E-state index in [2.05, 4.69) is 72.3 Å². The molecule has 0 spiro atoms. The second-order valence-corrected chi connectivity index (χ2v) is 7.85. The maximum absolute atomic E-state index is 6.45. The summed E-state index contributed by atoms with van der Waals surface area (Å²) in [5.41, 5.74) is 4.98. The third-order valence-electron chi connectivity index (χ3n) is 3.25. The van der Waals surface area contributed by atoms with Gasteiger partial charge in [0, 0.05) is 5.02 Å². The van der Waals surface area contributed by atoms with Gasteiger partial charge >= 0.3 is 0 Å². The maximum Gasteiger partial charge on any atom is 0.0656 e. The van der Waals surface area contributed by atoms with Crippen molar-refractivity contribution in [3.63, 3.8) is 0 Å². The standard InChI is InChI=1S/C15H17ClINS/c1-4-18-15(11-7-14(17)19-8-11)12-5-9(2)10(3)6-13(12)16/h5-8,15,18H,4H2,1-3H3. The molecule has 1 nitrogen and oxygen atoms in total. The summed E-state index contributed by atoms with van der Waals surface area (Å²) in [6.45, 7) is 7.27. The summed E-state index contributed by atoms with van der Waals surface area (Å²) in [4.78, 5) is 0.